The molecule has 6 nitrogen and oxygen atoms in total. The Morgan fingerprint density at radius 3 is 2.93 bits per heavy atom. The van der Waals surface area contributed by atoms with Crippen LogP contribution < -0.4 is 20.3 Å². The van der Waals surface area contributed by atoms with E-state index in [0.717, 1.165) is 37.4 Å². The number of halogens is 1. The van der Waals surface area contributed by atoms with Crippen molar-refractivity contribution in [2.45, 2.75) is 25.4 Å². The molecule has 0 amide bonds. The van der Waals surface area contributed by atoms with Crippen LogP contribution in [0.3, 0.4) is 0 Å². The molecule has 0 radical (unpaired) electrons. The van der Waals surface area contributed by atoms with Gasteiger partial charge in [0.15, 0.2) is 5.96 Å². The number of hydrogen-bond acceptors (Lipinski definition) is 4. The summed E-state index contributed by atoms with van der Waals surface area (Å²) in [6.45, 7) is 2.14. The summed E-state index contributed by atoms with van der Waals surface area (Å²) in [7, 11) is 3.37. The number of hydrogen-bond donors (Lipinski definition) is 2. The maximum absolute atomic E-state index is 14.1. The van der Waals surface area contributed by atoms with E-state index >= 15 is 0 Å². The molecule has 2 aromatic carbocycles. The molecule has 2 N–H and O–H groups in total. The first-order valence-electron chi connectivity index (χ1n) is 9.67. The molecule has 1 heterocycles. The molecule has 29 heavy (non-hydrogen) atoms. The zero-order valence-electron chi connectivity index (χ0n) is 16.8. The summed E-state index contributed by atoms with van der Waals surface area (Å²) < 4.78 is 19.4. The number of rotatable bonds is 5. The van der Waals surface area contributed by atoms with Crippen LogP contribution in [0.2, 0.25) is 0 Å². The first-order valence-corrected chi connectivity index (χ1v) is 9.67. The first-order chi connectivity index (χ1) is 14.1. The van der Waals surface area contributed by atoms with Crippen molar-refractivity contribution in [1.82, 2.24) is 10.6 Å². The summed E-state index contributed by atoms with van der Waals surface area (Å²) in [5, 5.41) is 15.5. The van der Waals surface area contributed by atoms with Gasteiger partial charge in [0, 0.05) is 50.0 Å². The standard InChI is InChI=1S/C22H26FN5O/c1-25-22(26-14-17-9-8-16(13-24)11-21(17)23)27-18-5-4-10-28(15-18)19-6-3-7-20(12-19)29-2/h3,6-9,11-12,18H,4-5,10,14-15H2,1-2H3,(H2,25,26,27). The van der Waals surface area contributed by atoms with E-state index in [0.29, 0.717) is 23.6 Å². The smallest absolute Gasteiger partial charge is 0.191 e. The van der Waals surface area contributed by atoms with E-state index in [-0.39, 0.29) is 6.04 Å². The van der Waals surface area contributed by atoms with Crippen molar-refractivity contribution in [3.63, 3.8) is 0 Å². The normalized spacial score (nSPS) is 16.8. The van der Waals surface area contributed by atoms with Gasteiger partial charge in [-0.1, -0.05) is 12.1 Å². The number of aliphatic imine (C=N–C) groups is 1. The maximum atomic E-state index is 14.1. The summed E-state index contributed by atoms with van der Waals surface area (Å²) in [6.07, 6.45) is 2.10. The lowest BCUT2D eigenvalue weighted by molar-refractivity contribution is 0.414. The van der Waals surface area contributed by atoms with E-state index in [4.69, 9.17) is 10.00 Å². The number of anilines is 1. The Balaban J connectivity index is 1.58. The number of benzene rings is 2. The summed E-state index contributed by atoms with van der Waals surface area (Å²) >= 11 is 0. The highest BCUT2D eigenvalue weighted by Crippen LogP contribution is 2.24. The van der Waals surface area contributed by atoms with E-state index in [9.17, 15) is 4.39 Å². The van der Waals surface area contributed by atoms with Gasteiger partial charge in [0.1, 0.15) is 11.6 Å². The molecule has 0 spiro atoms. The molecule has 3 rings (SSSR count). The fraction of sp³-hybridized carbons (Fsp3) is 0.364. The van der Waals surface area contributed by atoms with Gasteiger partial charge in [-0.25, -0.2) is 4.39 Å². The van der Waals surface area contributed by atoms with Gasteiger partial charge < -0.3 is 20.3 Å². The molecule has 0 saturated carbocycles. The average molecular weight is 395 g/mol. The van der Waals surface area contributed by atoms with E-state index in [1.165, 1.54) is 6.07 Å². The van der Waals surface area contributed by atoms with Crippen molar-refractivity contribution >= 4 is 11.6 Å². The summed E-state index contributed by atoms with van der Waals surface area (Å²) in [6, 6.07) is 14.7. The SMILES string of the molecule is CN=C(NCc1ccc(C#N)cc1F)NC1CCCN(c2cccc(OC)c2)C1. The van der Waals surface area contributed by atoms with Gasteiger partial charge in [0.2, 0.25) is 0 Å². The highest BCUT2D eigenvalue weighted by atomic mass is 19.1. The fourth-order valence-electron chi connectivity index (χ4n) is 3.46. The van der Waals surface area contributed by atoms with Gasteiger partial charge in [-0.15, -0.1) is 0 Å². The van der Waals surface area contributed by atoms with Crippen LogP contribution in [0.15, 0.2) is 47.5 Å². The third kappa shape index (κ3) is 5.38. The highest BCUT2D eigenvalue weighted by Gasteiger charge is 2.21. The molecule has 7 heteroatoms. The molecule has 1 aliphatic heterocycles. The number of ether oxygens (including phenoxy) is 1. The molecule has 0 aliphatic carbocycles. The maximum Gasteiger partial charge on any atom is 0.191 e. The second-order valence-electron chi connectivity index (χ2n) is 6.97. The summed E-state index contributed by atoms with van der Waals surface area (Å²) in [5.74, 6) is 1.08. The van der Waals surface area contributed by atoms with Crippen LogP contribution in [0.5, 0.6) is 5.75 Å². The van der Waals surface area contributed by atoms with Gasteiger partial charge in [-0.05, 0) is 37.1 Å². The van der Waals surface area contributed by atoms with E-state index < -0.39 is 5.82 Å². The molecular weight excluding hydrogens is 369 g/mol. The highest BCUT2D eigenvalue weighted by molar-refractivity contribution is 5.80. The molecule has 1 atom stereocenters. The first kappa shape index (κ1) is 20.5. The van der Waals surface area contributed by atoms with Crippen molar-refractivity contribution in [3.05, 3.63) is 59.4 Å². The zero-order chi connectivity index (χ0) is 20.6. The number of nitrogens with zero attached hydrogens (tertiary/aromatic N) is 3. The predicted octanol–water partition coefficient (Wildman–Crippen LogP) is 3.04. The van der Waals surface area contributed by atoms with Crippen molar-refractivity contribution < 1.29 is 9.13 Å². The van der Waals surface area contributed by atoms with Crippen LogP contribution in [-0.4, -0.2) is 39.2 Å². The molecular formula is C22H26FN5O. The summed E-state index contributed by atoms with van der Waals surface area (Å²) in [4.78, 5) is 6.60. The largest absolute Gasteiger partial charge is 0.497 e. The lowest BCUT2D eigenvalue weighted by atomic mass is 10.0. The van der Waals surface area contributed by atoms with Crippen LogP contribution in [-0.2, 0) is 6.54 Å². The Labute approximate surface area is 171 Å². The van der Waals surface area contributed by atoms with Crippen LogP contribution in [0.4, 0.5) is 10.1 Å². The van der Waals surface area contributed by atoms with Gasteiger partial charge in [-0.2, -0.15) is 5.26 Å². The Morgan fingerprint density at radius 2 is 2.21 bits per heavy atom. The molecule has 1 saturated heterocycles. The van der Waals surface area contributed by atoms with Crippen LogP contribution in [0.1, 0.15) is 24.0 Å². The number of piperidine rings is 1. The van der Waals surface area contributed by atoms with Crippen LogP contribution in [0.25, 0.3) is 0 Å². The zero-order valence-corrected chi connectivity index (χ0v) is 16.8. The Hall–Kier alpha value is -3.27. The third-order valence-corrected chi connectivity index (χ3v) is 5.03. The minimum absolute atomic E-state index is 0.229. The second-order valence-corrected chi connectivity index (χ2v) is 6.97. The van der Waals surface area contributed by atoms with E-state index in [1.807, 2.05) is 24.3 Å². The average Bonchev–Trinajstić information content (AvgIpc) is 2.77. The number of nitrogens with one attached hydrogen (secondary N) is 2. The Bertz CT molecular complexity index is 908. The molecule has 0 aromatic heterocycles. The fourth-order valence-corrected chi connectivity index (χ4v) is 3.46. The predicted molar refractivity (Wildman–Crippen MR) is 113 cm³/mol. The van der Waals surface area contributed by atoms with Gasteiger partial charge in [0.05, 0.1) is 18.7 Å². The molecule has 2 aromatic rings. The van der Waals surface area contributed by atoms with Crippen LogP contribution in [0, 0.1) is 17.1 Å². The quantitative estimate of drug-likeness (QED) is 0.601. The van der Waals surface area contributed by atoms with Gasteiger partial charge in [-0.3, -0.25) is 4.99 Å². The van der Waals surface area contributed by atoms with E-state index in [2.05, 4.69) is 26.6 Å². The molecule has 1 unspecified atom stereocenters. The molecule has 152 valence electrons. The van der Waals surface area contributed by atoms with Gasteiger partial charge >= 0.3 is 0 Å². The van der Waals surface area contributed by atoms with Crippen molar-refractivity contribution in [2.75, 3.05) is 32.1 Å². The lowest BCUT2D eigenvalue weighted by Gasteiger charge is -2.35. The monoisotopic (exact) mass is 395 g/mol. The molecule has 1 aliphatic rings. The van der Waals surface area contributed by atoms with Crippen LogP contribution >= 0.6 is 0 Å². The number of methoxy groups -OCH3 is 1. The molecule has 0 bridgehead atoms. The van der Waals surface area contributed by atoms with Crippen molar-refractivity contribution in [2.24, 2.45) is 4.99 Å². The number of nitriles is 1. The Morgan fingerprint density at radius 1 is 1.34 bits per heavy atom. The minimum atomic E-state index is -0.395. The minimum Gasteiger partial charge on any atom is -0.497 e. The lowest BCUT2D eigenvalue weighted by Crippen LogP contribution is -2.51. The summed E-state index contributed by atoms with van der Waals surface area (Å²) in [5.41, 5.74) is 1.95. The van der Waals surface area contributed by atoms with Gasteiger partial charge in [0.25, 0.3) is 0 Å². The second kappa shape index (κ2) is 9.78. The topological polar surface area (TPSA) is 72.7 Å². The number of guanidine groups is 1. The van der Waals surface area contributed by atoms with E-state index in [1.54, 1.807) is 26.3 Å². The van der Waals surface area contributed by atoms with Crippen molar-refractivity contribution in [3.8, 4) is 11.8 Å². The third-order valence-electron chi connectivity index (χ3n) is 5.03. The van der Waals surface area contributed by atoms with Crippen molar-refractivity contribution in [1.29, 1.82) is 5.26 Å². The molecule has 1 fully saturated rings. The Kier molecular flexibility index (Phi) is 6.90.